The predicted octanol–water partition coefficient (Wildman–Crippen LogP) is 1.72. The number of ether oxygens (including phenoxy) is 1. The fourth-order valence-electron chi connectivity index (χ4n) is 2.81. The van der Waals surface area contributed by atoms with Crippen LogP contribution in [0, 0.1) is 0 Å². The highest BCUT2D eigenvalue weighted by molar-refractivity contribution is 7.90. The Bertz CT molecular complexity index is 695. The molecule has 0 saturated heterocycles. The molecule has 0 heterocycles. The molecule has 6 nitrogen and oxygen atoms in total. The first-order valence-corrected chi connectivity index (χ1v) is 10.6. The van der Waals surface area contributed by atoms with Gasteiger partial charge in [0.1, 0.15) is 15.6 Å². The van der Waals surface area contributed by atoms with Crippen molar-refractivity contribution in [1.29, 1.82) is 0 Å². The smallest absolute Gasteiger partial charge is 0.191 e. The monoisotopic (exact) mass is 367 g/mol. The Kier molecular flexibility index (Phi) is 6.32. The van der Waals surface area contributed by atoms with Crippen molar-refractivity contribution >= 4 is 15.8 Å². The average molecular weight is 368 g/mol. The number of hydrogen-bond acceptors (Lipinski definition) is 4. The molecule has 1 fully saturated rings. The average Bonchev–Trinajstić information content (AvgIpc) is 3.37. The summed E-state index contributed by atoms with van der Waals surface area (Å²) in [5, 5.41) is 6.65. The van der Waals surface area contributed by atoms with Gasteiger partial charge in [0.05, 0.1) is 12.9 Å². The minimum absolute atomic E-state index is 0.0389. The van der Waals surface area contributed by atoms with Gasteiger partial charge >= 0.3 is 0 Å². The summed E-state index contributed by atoms with van der Waals surface area (Å²) in [5.41, 5.74) is 1.46. The standard InChI is InChI=1S/C18H29N3O3S/c1-14(9-12-25(4,22)23)21-17(19-2)20-13-18(10-11-18)15-5-7-16(24-3)8-6-15/h5-8,14H,9-13H2,1-4H3,(H2,19,20,21). The topological polar surface area (TPSA) is 79.8 Å². The molecule has 1 saturated carbocycles. The van der Waals surface area contributed by atoms with Gasteiger partial charge in [-0.25, -0.2) is 8.42 Å². The molecule has 1 atom stereocenters. The van der Waals surface area contributed by atoms with E-state index in [9.17, 15) is 8.42 Å². The van der Waals surface area contributed by atoms with Crippen LogP contribution in [0.15, 0.2) is 29.3 Å². The largest absolute Gasteiger partial charge is 0.497 e. The molecule has 1 aliphatic rings. The molecule has 1 aromatic rings. The van der Waals surface area contributed by atoms with Crippen LogP contribution in [-0.4, -0.2) is 53.1 Å². The van der Waals surface area contributed by atoms with Crippen molar-refractivity contribution in [2.75, 3.05) is 32.7 Å². The molecule has 2 rings (SSSR count). The van der Waals surface area contributed by atoms with Crippen LogP contribution in [-0.2, 0) is 15.3 Å². The van der Waals surface area contributed by atoms with Crippen LogP contribution in [0.2, 0.25) is 0 Å². The second-order valence-electron chi connectivity index (χ2n) is 6.90. The second-order valence-corrected chi connectivity index (χ2v) is 9.16. The SMILES string of the molecule is CN=C(NCC1(c2ccc(OC)cc2)CC1)NC(C)CCS(C)(=O)=O. The highest BCUT2D eigenvalue weighted by Gasteiger charge is 2.44. The van der Waals surface area contributed by atoms with Crippen molar-refractivity contribution in [3.63, 3.8) is 0 Å². The van der Waals surface area contributed by atoms with Crippen LogP contribution >= 0.6 is 0 Å². The summed E-state index contributed by atoms with van der Waals surface area (Å²) in [6.45, 7) is 2.77. The highest BCUT2D eigenvalue weighted by atomic mass is 32.2. The normalized spacial score (nSPS) is 17.7. The Morgan fingerprint density at radius 1 is 1.32 bits per heavy atom. The van der Waals surface area contributed by atoms with Crippen molar-refractivity contribution < 1.29 is 13.2 Å². The summed E-state index contributed by atoms with van der Waals surface area (Å²) in [4.78, 5) is 4.25. The van der Waals surface area contributed by atoms with Crippen LogP contribution < -0.4 is 15.4 Å². The van der Waals surface area contributed by atoms with E-state index in [2.05, 4.69) is 27.8 Å². The van der Waals surface area contributed by atoms with Gasteiger partial charge in [0, 0.05) is 31.3 Å². The lowest BCUT2D eigenvalue weighted by atomic mass is 9.96. The number of guanidine groups is 1. The van der Waals surface area contributed by atoms with E-state index in [1.165, 1.54) is 11.8 Å². The number of benzene rings is 1. The van der Waals surface area contributed by atoms with Gasteiger partial charge in [-0.2, -0.15) is 0 Å². The number of sulfone groups is 1. The third kappa shape index (κ3) is 5.92. The molecule has 0 aromatic heterocycles. The molecule has 2 N–H and O–H groups in total. The highest BCUT2D eigenvalue weighted by Crippen LogP contribution is 2.47. The quantitative estimate of drug-likeness (QED) is 0.540. The van der Waals surface area contributed by atoms with E-state index in [0.717, 1.165) is 25.1 Å². The van der Waals surface area contributed by atoms with Gasteiger partial charge in [0.15, 0.2) is 5.96 Å². The van der Waals surface area contributed by atoms with Gasteiger partial charge in [0.2, 0.25) is 0 Å². The van der Waals surface area contributed by atoms with E-state index in [0.29, 0.717) is 12.4 Å². The Morgan fingerprint density at radius 2 is 1.96 bits per heavy atom. The van der Waals surface area contributed by atoms with E-state index in [4.69, 9.17) is 4.74 Å². The number of aliphatic imine (C=N–C) groups is 1. The van der Waals surface area contributed by atoms with Crippen LogP contribution in [0.1, 0.15) is 31.7 Å². The molecule has 7 heteroatoms. The minimum atomic E-state index is -2.94. The number of nitrogens with one attached hydrogen (secondary N) is 2. The van der Waals surface area contributed by atoms with E-state index in [-0.39, 0.29) is 17.2 Å². The number of methoxy groups -OCH3 is 1. The summed E-state index contributed by atoms with van der Waals surface area (Å²) in [6.07, 6.45) is 4.11. The first-order chi connectivity index (χ1) is 11.8. The molecule has 1 aliphatic carbocycles. The van der Waals surface area contributed by atoms with Crippen molar-refractivity contribution in [1.82, 2.24) is 10.6 Å². The van der Waals surface area contributed by atoms with Gasteiger partial charge in [-0.05, 0) is 43.9 Å². The van der Waals surface area contributed by atoms with E-state index < -0.39 is 9.84 Å². The minimum Gasteiger partial charge on any atom is -0.497 e. The molecular weight excluding hydrogens is 338 g/mol. The predicted molar refractivity (Wildman–Crippen MR) is 102 cm³/mol. The first kappa shape index (κ1) is 19.6. The zero-order chi connectivity index (χ0) is 18.5. The lowest BCUT2D eigenvalue weighted by molar-refractivity contribution is 0.414. The molecule has 1 unspecified atom stereocenters. The molecule has 0 spiro atoms. The Labute approximate surface area is 151 Å². The molecule has 25 heavy (non-hydrogen) atoms. The van der Waals surface area contributed by atoms with E-state index >= 15 is 0 Å². The molecular formula is C18H29N3O3S. The molecule has 1 aromatic carbocycles. The third-order valence-electron chi connectivity index (χ3n) is 4.68. The Balaban J connectivity index is 1.87. The van der Waals surface area contributed by atoms with E-state index in [1.54, 1.807) is 14.2 Å². The zero-order valence-corrected chi connectivity index (χ0v) is 16.3. The van der Waals surface area contributed by atoms with E-state index in [1.807, 2.05) is 19.1 Å². The van der Waals surface area contributed by atoms with Crippen molar-refractivity contribution in [3.8, 4) is 5.75 Å². The van der Waals surface area contributed by atoms with Crippen LogP contribution in [0.3, 0.4) is 0 Å². The van der Waals surface area contributed by atoms with Gasteiger partial charge in [0.25, 0.3) is 0 Å². The van der Waals surface area contributed by atoms with Crippen LogP contribution in [0.25, 0.3) is 0 Å². The van der Waals surface area contributed by atoms with Crippen molar-refractivity contribution in [2.45, 2.75) is 37.6 Å². The van der Waals surface area contributed by atoms with Gasteiger partial charge in [-0.15, -0.1) is 0 Å². The van der Waals surface area contributed by atoms with Crippen LogP contribution in [0.5, 0.6) is 5.75 Å². The molecule has 0 aliphatic heterocycles. The molecule has 140 valence electrons. The van der Waals surface area contributed by atoms with Crippen LogP contribution in [0.4, 0.5) is 0 Å². The maximum absolute atomic E-state index is 11.3. The second kappa shape index (κ2) is 8.08. The summed E-state index contributed by atoms with van der Waals surface area (Å²) in [7, 11) is 0.459. The first-order valence-electron chi connectivity index (χ1n) is 8.57. The lowest BCUT2D eigenvalue weighted by Gasteiger charge is -2.21. The number of hydrogen-bond donors (Lipinski definition) is 2. The maximum Gasteiger partial charge on any atom is 0.191 e. The molecule has 0 amide bonds. The fourth-order valence-corrected chi connectivity index (χ4v) is 3.59. The number of nitrogens with zero attached hydrogens (tertiary/aromatic N) is 1. The fraction of sp³-hybridized carbons (Fsp3) is 0.611. The van der Waals surface area contributed by atoms with Gasteiger partial charge in [-0.3, -0.25) is 4.99 Å². The van der Waals surface area contributed by atoms with Crippen molar-refractivity contribution in [3.05, 3.63) is 29.8 Å². The zero-order valence-electron chi connectivity index (χ0n) is 15.5. The molecule has 0 radical (unpaired) electrons. The summed E-state index contributed by atoms with van der Waals surface area (Å²) < 4.78 is 27.8. The summed E-state index contributed by atoms with van der Waals surface area (Å²) in [5.74, 6) is 1.75. The third-order valence-corrected chi connectivity index (χ3v) is 5.66. The van der Waals surface area contributed by atoms with Gasteiger partial charge < -0.3 is 15.4 Å². The number of rotatable bonds is 8. The Hall–Kier alpha value is -1.76. The Morgan fingerprint density at radius 3 is 2.44 bits per heavy atom. The summed E-state index contributed by atoms with van der Waals surface area (Å²) >= 11 is 0. The van der Waals surface area contributed by atoms with Gasteiger partial charge in [-0.1, -0.05) is 12.1 Å². The summed E-state index contributed by atoms with van der Waals surface area (Å²) in [6, 6.07) is 8.28. The molecule has 0 bridgehead atoms. The maximum atomic E-state index is 11.3. The van der Waals surface area contributed by atoms with Crippen molar-refractivity contribution in [2.24, 2.45) is 4.99 Å². The lowest BCUT2D eigenvalue weighted by Crippen LogP contribution is -2.45.